The van der Waals surface area contributed by atoms with Gasteiger partial charge in [0, 0.05) is 23.1 Å². The fraction of sp³-hybridized carbons (Fsp3) is 0.474. The molecule has 4 unspecified atom stereocenters. The van der Waals surface area contributed by atoms with Crippen molar-refractivity contribution in [2.75, 3.05) is 0 Å². The van der Waals surface area contributed by atoms with Crippen molar-refractivity contribution >= 4 is 16.8 Å². The highest BCUT2D eigenvalue weighted by atomic mass is 16.5. The van der Waals surface area contributed by atoms with Gasteiger partial charge in [0.05, 0.1) is 17.4 Å². The van der Waals surface area contributed by atoms with Crippen molar-refractivity contribution in [2.45, 2.75) is 44.8 Å². The van der Waals surface area contributed by atoms with Crippen LogP contribution < -0.4 is 10.4 Å². The lowest BCUT2D eigenvalue weighted by molar-refractivity contribution is -0.132. The second kappa shape index (κ2) is 4.93. The SMILES string of the molecule is CC1CC2Oc3cc4oc(=O)ccc4cc3C(C)(C)C(=O)C2C1O. The van der Waals surface area contributed by atoms with Gasteiger partial charge in [-0.3, -0.25) is 4.79 Å². The molecule has 0 bridgehead atoms. The molecule has 1 saturated carbocycles. The molecule has 2 aromatic rings. The number of hydrogen-bond acceptors (Lipinski definition) is 5. The summed E-state index contributed by atoms with van der Waals surface area (Å²) < 4.78 is 11.4. The van der Waals surface area contributed by atoms with Gasteiger partial charge in [0.15, 0.2) is 5.78 Å². The summed E-state index contributed by atoms with van der Waals surface area (Å²) in [5, 5.41) is 11.2. The highest BCUT2D eigenvalue weighted by Crippen LogP contribution is 2.46. The number of benzene rings is 1. The molecule has 1 fully saturated rings. The van der Waals surface area contributed by atoms with Crippen LogP contribution in [-0.2, 0) is 10.2 Å². The van der Waals surface area contributed by atoms with Gasteiger partial charge in [0.2, 0.25) is 0 Å². The minimum absolute atomic E-state index is 0.000154. The zero-order valence-electron chi connectivity index (χ0n) is 13.9. The molecule has 0 spiro atoms. The predicted octanol–water partition coefficient (Wildman–Crippen LogP) is 2.42. The zero-order chi connectivity index (χ0) is 17.2. The average Bonchev–Trinajstić information content (AvgIpc) is 2.75. The molecule has 1 N–H and O–H groups in total. The molecule has 4 rings (SSSR count). The van der Waals surface area contributed by atoms with E-state index in [4.69, 9.17) is 9.15 Å². The number of fused-ring (bicyclic) bond motifs is 3. The van der Waals surface area contributed by atoms with Gasteiger partial charge in [-0.2, -0.15) is 0 Å². The lowest BCUT2D eigenvalue weighted by atomic mass is 9.74. The van der Waals surface area contributed by atoms with Crippen molar-refractivity contribution in [2.24, 2.45) is 11.8 Å². The Morgan fingerprint density at radius 3 is 2.71 bits per heavy atom. The first-order valence-corrected chi connectivity index (χ1v) is 8.26. The summed E-state index contributed by atoms with van der Waals surface area (Å²) in [6.07, 6.45) is -0.413. The van der Waals surface area contributed by atoms with Gasteiger partial charge in [0.25, 0.3) is 0 Å². The summed E-state index contributed by atoms with van der Waals surface area (Å²) in [6.45, 7) is 5.66. The van der Waals surface area contributed by atoms with Crippen LogP contribution in [-0.4, -0.2) is 23.1 Å². The Balaban J connectivity index is 1.94. The van der Waals surface area contributed by atoms with E-state index in [2.05, 4.69) is 0 Å². The van der Waals surface area contributed by atoms with Crippen molar-refractivity contribution in [3.8, 4) is 5.75 Å². The maximum Gasteiger partial charge on any atom is 0.336 e. The summed E-state index contributed by atoms with van der Waals surface area (Å²) in [5.41, 5.74) is -0.00347. The van der Waals surface area contributed by atoms with Gasteiger partial charge in [0.1, 0.15) is 17.4 Å². The number of aliphatic hydroxyl groups is 1. The summed E-state index contributed by atoms with van der Waals surface area (Å²) in [4.78, 5) is 24.6. The Kier molecular flexibility index (Phi) is 3.16. The number of hydrogen-bond donors (Lipinski definition) is 1. The lowest BCUT2D eigenvalue weighted by Crippen LogP contribution is -2.41. The van der Waals surface area contributed by atoms with E-state index in [0.717, 1.165) is 10.9 Å². The van der Waals surface area contributed by atoms with E-state index in [9.17, 15) is 14.7 Å². The van der Waals surface area contributed by atoms with Crippen LogP contribution in [0.3, 0.4) is 0 Å². The number of ketones is 1. The second-order valence-electron chi connectivity index (χ2n) is 7.52. The summed E-state index contributed by atoms with van der Waals surface area (Å²) >= 11 is 0. The number of rotatable bonds is 0. The smallest absolute Gasteiger partial charge is 0.336 e. The third-order valence-corrected chi connectivity index (χ3v) is 5.55. The first-order valence-electron chi connectivity index (χ1n) is 8.26. The van der Waals surface area contributed by atoms with Crippen LogP contribution in [0, 0.1) is 11.8 Å². The molecule has 0 radical (unpaired) electrons. The number of ether oxygens (including phenoxy) is 1. The fourth-order valence-corrected chi connectivity index (χ4v) is 4.07. The van der Waals surface area contributed by atoms with E-state index >= 15 is 0 Å². The maximum atomic E-state index is 13.1. The Morgan fingerprint density at radius 2 is 1.96 bits per heavy atom. The molecule has 24 heavy (non-hydrogen) atoms. The first-order chi connectivity index (χ1) is 11.3. The van der Waals surface area contributed by atoms with Crippen LogP contribution in [0.1, 0.15) is 32.8 Å². The van der Waals surface area contributed by atoms with Crippen molar-refractivity contribution in [1.29, 1.82) is 0 Å². The number of aliphatic hydroxyl groups excluding tert-OH is 1. The van der Waals surface area contributed by atoms with Crippen molar-refractivity contribution in [1.82, 2.24) is 0 Å². The third-order valence-electron chi connectivity index (χ3n) is 5.55. The van der Waals surface area contributed by atoms with Crippen LogP contribution >= 0.6 is 0 Å². The second-order valence-corrected chi connectivity index (χ2v) is 7.52. The highest BCUT2D eigenvalue weighted by Gasteiger charge is 2.52. The van der Waals surface area contributed by atoms with Crippen LogP contribution in [0.5, 0.6) is 5.75 Å². The van der Waals surface area contributed by atoms with Crippen molar-refractivity contribution < 1.29 is 19.1 Å². The number of Topliss-reactive ketones (excluding diaryl/α,β-unsaturated/α-hetero) is 1. The molecule has 0 amide bonds. The molecule has 1 aromatic heterocycles. The Bertz CT molecular complexity index is 894. The monoisotopic (exact) mass is 328 g/mol. The van der Waals surface area contributed by atoms with Gasteiger partial charge in [-0.1, -0.05) is 6.92 Å². The highest BCUT2D eigenvalue weighted by molar-refractivity contribution is 5.95. The minimum atomic E-state index is -0.788. The Morgan fingerprint density at radius 1 is 1.21 bits per heavy atom. The normalized spacial score (nSPS) is 31.2. The molecule has 126 valence electrons. The molecule has 4 atom stereocenters. The first kappa shape index (κ1) is 15.4. The molecule has 1 aliphatic carbocycles. The molecule has 2 heterocycles. The van der Waals surface area contributed by atoms with E-state index in [1.165, 1.54) is 6.07 Å². The quantitative estimate of drug-likeness (QED) is 0.752. The van der Waals surface area contributed by atoms with E-state index in [0.29, 0.717) is 17.8 Å². The Labute approximate surface area is 139 Å². The fourth-order valence-electron chi connectivity index (χ4n) is 4.07. The topological polar surface area (TPSA) is 76.7 Å². The molecule has 0 saturated heterocycles. The molecular formula is C19H20O5. The van der Waals surface area contributed by atoms with Crippen LogP contribution in [0.25, 0.3) is 11.0 Å². The summed E-state index contributed by atoms with van der Waals surface area (Å²) in [7, 11) is 0. The van der Waals surface area contributed by atoms with E-state index in [-0.39, 0.29) is 17.8 Å². The molecule has 5 heteroatoms. The molecular weight excluding hydrogens is 308 g/mol. The lowest BCUT2D eigenvalue weighted by Gasteiger charge is -2.27. The largest absolute Gasteiger partial charge is 0.489 e. The van der Waals surface area contributed by atoms with Crippen molar-refractivity contribution in [3.63, 3.8) is 0 Å². The molecule has 5 nitrogen and oxygen atoms in total. The third kappa shape index (κ3) is 2.04. The van der Waals surface area contributed by atoms with Crippen molar-refractivity contribution in [3.05, 3.63) is 40.2 Å². The van der Waals surface area contributed by atoms with E-state index < -0.39 is 23.1 Å². The zero-order valence-corrected chi connectivity index (χ0v) is 13.9. The van der Waals surface area contributed by atoms with Crippen LogP contribution in [0.15, 0.2) is 33.5 Å². The number of carbonyl (C=O) groups excluding carboxylic acids is 1. The van der Waals surface area contributed by atoms with Crippen LogP contribution in [0.2, 0.25) is 0 Å². The summed E-state index contributed by atoms with van der Waals surface area (Å²) in [6, 6.07) is 6.59. The van der Waals surface area contributed by atoms with Gasteiger partial charge in [-0.25, -0.2) is 4.79 Å². The summed E-state index contributed by atoms with van der Waals surface area (Å²) in [5.74, 6) is 0.0426. The van der Waals surface area contributed by atoms with Gasteiger partial charge in [-0.15, -0.1) is 0 Å². The standard InChI is InChI=1S/C19H20O5/c1-9-6-14-16(17(9)21)18(22)19(2,3)11-7-10-4-5-15(20)24-12(10)8-13(11)23-14/h4-5,7-9,14,16-17,21H,6H2,1-3H3. The average molecular weight is 328 g/mol. The molecule has 1 aromatic carbocycles. The van der Waals surface area contributed by atoms with E-state index in [1.807, 2.05) is 26.8 Å². The van der Waals surface area contributed by atoms with Crippen LogP contribution in [0.4, 0.5) is 0 Å². The van der Waals surface area contributed by atoms with Gasteiger partial charge in [-0.05, 0) is 38.3 Å². The van der Waals surface area contributed by atoms with Gasteiger partial charge >= 0.3 is 5.63 Å². The maximum absolute atomic E-state index is 13.1. The Hall–Kier alpha value is -2.14. The minimum Gasteiger partial charge on any atom is -0.489 e. The van der Waals surface area contributed by atoms with E-state index in [1.54, 1.807) is 12.1 Å². The number of carbonyl (C=O) groups is 1. The predicted molar refractivity (Wildman–Crippen MR) is 88.2 cm³/mol. The molecule has 2 aliphatic rings. The van der Waals surface area contributed by atoms with Gasteiger partial charge < -0.3 is 14.3 Å². The molecule has 1 aliphatic heterocycles.